The van der Waals surface area contributed by atoms with Crippen LogP contribution in [0.15, 0.2) is 4.99 Å². The van der Waals surface area contributed by atoms with Gasteiger partial charge in [-0.3, -0.25) is 9.89 Å². The number of ether oxygens (including phenoxy) is 3. The molecule has 0 aromatic heterocycles. The molecular formula is C18H37IN4O3. The van der Waals surface area contributed by atoms with E-state index in [0.29, 0.717) is 6.10 Å². The lowest BCUT2D eigenvalue weighted by molar-refractivity contribution is -0.0320. The van der Waals surface area contributed by atoms with Gasteiger partial charge in [0, 0.05) is 58.6 Å². The summed E-state index contributed by atoms with van der Waals surface area (Å²) in [6.07, 6.45) is 3.39. The Hall–Kier alpha value is -0.160. The van der Waals surface area contributed by atoms with Crippen molar-refractivity contribution in [2.24, 2.45) is 4.99 Å². The highest BCUT2D eigenvalue weighted by molar-refractivity contribution is 14.0. The van der Waals surface area contributed by atoms with E-state index in [9.17, 15) is 0 Å². The van der Waals surface area contributed by atoms with E-state index in [2.05, 4.69) is 34.4 Å². The van der Waals surface area contributed by atoms with Gasteiger partial charge < -0.3 is 24.8 Å². The molecule has 0 bridgehead atoms. The van der Waals surface area contributed by atoms with Crippen LogP contribution in [0.25, 0.3) is 0 Å². The number of morpholine rings is 1. The lowest BCUT2D eigenvalue weighted by Gasteiger charge is -2.41. The number of hydrogen-bond acceptors (Lipinski definition) is 5. The lowest BCUT2D eigenvalue weighted by Crippen LogP contribution is -2.56. The maximum absolute atomic E-state index is 5.89. The number of rotatable bonds is 8. The Morgan fingerprint density at radius 2 is 1.77 bits per heavy atom. The SMILES string of the molecule is CN=C(NCCCOC1CCOCC1)NCC(C)(C)N1CCOCC1.I. The smallest absolute Gasteiger partial charge is 0.191 e. The molecule has 8 heteroatoms. The second kappa shape index (κ2) is 13.1. The lowest BCUT2D eigenvalue weighted by atomic mass is 10.0. The van der Waals surface area contributed by atoms with Crippen LogP contribution in [0, 0.1) is 0 Å². The van der Waals surface area contributed by atoms with Crippen molar-refractivity contribution in [3.05, 3.63) is 0 Å². The molecule has 0 unspecified atom stereocenters. The highest BCUT2D eigenvalue weighted by Crippen LogP contribution is 2.15. The third kappa shape index (κ3) is 8.69. The van der Waals surface area contributed by atoms with E-state index < -0.39 is 0 Å². The van der Waals surface area contributed by atoms with Crippen LogP contribution in [0.1, 0.15) is 33.1 Å². The van der Waals surface area contributed by atoms with Crippen LogP contribution in [0.5, 0.6) is 0 Å². The van der Waals surface area contributed by atoms with Gasteiger partial charge in [0.25, 0.3) is 0 Å². The molecule has 0 aromatic carbocycles. The van der Waals surface area contributed by atoms with Crippen LogP contribution in [0.2, 0.25) is 0 Å². The highest BCUT2D eigenvalue weighted by atomic mass is 127. The Morgan fingerprint density at radius 1 is 1.12 bits per heavy atom. The van der Waals surface area contributed by atoms with E-state index in [1.165, 1.54) is 0 Å². The summed E-state index contributed by atoms with van der Waals surface area (Å²) in [7, 11) is 1.82. The Kier molecular flexibility index (Phi) is 12.0. The number of hydrogen-bond donors (Lipinski definition) is 2. The van der Waals surface area contributed by atoms with Gasteiger partial charge in [-0.1, -0.05) is 0 Å². The second-order valence-electron chi connectivity index (χ2n) is 7.30. The topological polar surface area (TPSA) is 67.4 Å². The molecule has 7 nitrogen and oxygen atoms in total. The predicted molar refractivity (Wildman–Crippen MR) is 116 cm³/mol. The minimum atomic E-state index is 0. The molecule has 2 saturated heterocycles. The summed E-state index contributed by atoms with van der Waals surface area (Å²) in [6.45, 7) is 12.3. The van der Waals surface area contributed by atoms with Crippen molar-refractivity contribution >= 4 is 29.9 Å². The largest absolute Gasteiger partial charge is 0.381 e. The van der Waals surface area contributed by atoms with E-state index in [0.717, 1.165) is 84.4 Å². The highest BCUT2D eigenvalue weighted by Gasteiger charge is 2.28. The van der Waals surface area contributed by atoms with Crippen molar-refractivity contribution in [2.45, 2.75) is 44.8 Å². The Labute approximate surface area is 175 Å². The summed E-state index contributed by atoms with van der Waals surface area (Å²) in [4.78, 5) is 6.79. The Morgan fingerprint density at radius 3 is 2.42 bits per heavy atom. The average Bonchev–Trinajstić information content (AvgIpc) is 2.65. The summed E-state index contributed by atoms with van der Waals surface area (Å²) >= 11 is 0. The fourth-order valence-electron chi connectivity index (χ4n) is 3.17. The third-order valence-electron chi connectivity index (χ3n) is 4.91. The van der Waals surface area contributed by atoms with Crippen molar-refractivity contribution in [1.29, 1.82) is 0 Å². The first-order valence-electron chi connectivity index (χ1n) is 9.58. The molecule has 2 fully saturated rings. The molecule has 2 heterocycles. The van der Waals surface area contributed by atoms with Crippen LogP contribution >= 0.6 is 24.0 Å². The first-order chi connectivity index (χ1) is 12.1. The number of guanidine groups is 1. The fraction of sp³-hybridized carbons (Fsp3) is 0.944. The first-order valence-corrected chi connectivity index (χ1v) is 9.58. The maximum Gasteiger partial charge on any atom is 0.191 e. The molecule has 0 aromatic rings. The minimum absolute atomic E-state index is 0. The zero-order valence-corrected chi connectivity index (χ0v) is 18.9. The van der Waals surface area contributed by atoms with E-state index in [1.807, 2.05) is 7.05 Å². The van der Waals surface area contributed by atoms with E-state index in [1.54, 1.807) is 0 Å². The van der Waals surface area contributed by atoms with Gasteiger partial charge in [0.1, 0.15) is 0 Å². The van der Waals surface area contributed by atoms with Crippen LogP contribution in [-0.4, -0.2) is 88.8 Å². The van der Waals surface area contributed by atoms with Crippen LogP contribution in [-0.2, 0) is 14.2 Å². The monoisotopic (exact) mass is 484 g/mol. The average molecular weight is 484 g/mol. The van der Waals surface area contributed by atoms with Crippen molar-refractivity contribution in [1.82, 2.24) is 15.5 Å². The maximum atomic E-state index is 5.89. The van der Waals surface area contributed by atoms with Gasteiger partial charge in [0.2, 0.25) is 0 Å². The molecule has 154 valence electrons. The van der Waals surface area contributed by atoms with Gasteiger partial charge in [-0.25, -0.2) is 0 Å². The van der Waals surface area contributed by atoms with Gasteiger partial charge >= 0.3 is 0 Å². The molecule has 0 saturated carbocycles. The van der Waals surface area contributed by atoms with Crippen LogP contribution in [0.3, 0.4) is 0 Å². The van der Waals surface area contributed by atoms with Gasteiger partial charge in [0.05, 0.1) is 19.3 Å². The summed E-state index contributed by atoms with van der Waals surface area (Å²) in [5.74, 6) is 0.854. The molecular weight excluding hydrogens is 447 g/mol. The molecule has 2 N–H and O–H groups in total. The molecule has 26 heavy (non-hydrogen) atoms. The van der Waals surface area contributed by atoms with Crippen LogP contribution < -0.4 is 10.6 Å². The molecule has 0 amide bonds. The van der Waals surface area contributed by atoms with Crippen molar-refractivity contribution in [3.8, 4) is 0 Å². The molecule has 0 atom stereocenters. The first kappa shape index (κ1) is 23.9. The van der Waals surface area contributed by atoms with Gasteiger partial charge in [-0.15, -0.1) is 24.0 Å². The van der Waals surface area contributed by atoms with Gasteiger partial charge in [0.15, 0.2) is 5.96 Å². The van der Waals surface area contributed by atoms with Crippen molar-refractivity contribution < 1.29 is 14.2 Å². The van der Waals surface area contributed by atoms with Crippen molar-refractivity contribution in [2.75, 3.05) is 66.3 Å². The predicted octanol–water partition coefficient (Wildman–Crippen LogP) is 1.47. The zero-order chi connectivity index (χ0) is 18.0. The molecule has 2 aliphatic heterocycles. The summed E-state index contributed by atoms with van der Waals surface area (Å²) in [5.41, 5.74) is 0.0769. The number of aliphatic imine (C=N–C) groups is 1. The van der Waals surface area contributed by atoms with Gasteiger partial charge in [-0.2, -0.15) is 0 Å². The standard InChI is InChI=1S/C18H36N4O3.HI/c1-18(2,22-8-13-24-14-9-22)15-21-17(19-3)20-7-4-10-25-16-5-11-23-12-6-16;/h16H,4-15H2,1-3H3,(H2,19,20,21);1H. The quantitative estimate of drug-likeness (QED) is 0.236. The van der Waals surface area contributed by atoms with Crippen LogP contribution in [0.4, 0.5) is 0 Å². The molecule has 0 aliphatic carbocycles. The number of nitrogens with one attached hydrogen (secondary N) is 2. The fourth-order valence-corrected chi connectivity index (χ4v) is 3.17. The van der Waals surface area contributed by atoms with Gasteiger partial charge in [-0.05, 0) is 33.1 Å². The molecule has 2 aliphatic rings. The molecule has 2 rings (SSSR count). The minimum Gasteiger partial charge on any atom is -0.381 e. The van der Waals surface area contributed by atoms with E-state index >= 15 is 0 Å². The summed E-state index contributed by atoms with van der Waals surface area (Å²) in [6, 6.07) is 0. The normalized spacial score (nSPS) is 20.5. The molecule has 0 spiro atoms. The third-order valence-corrected chi connectivity index (χ3v) is 4.91. The number of nitrogens with zero attached hydrogens (tertiary/aromatic N) is 2. The summed E-state index contributed by atoms with van der Waals surface area (Å²) < 4.78 is 16.7. The van der Waals surface area contributed by atoms with E-state index in [4.69, 9.17) is 14.2 Å². The second-order valence-corrected chi connectivity index (χ2v) is 7.30. The Bertz CT molecular complexity index is 398. The zero-order valence-electron chi connectivity index (χ0n) is 16.6. The number of halogens is 1. The summed E-state index contributed by atoms with van der Waals surface area (Å²) in [5, 5.41) is 6.82. The van der Waals surface area contributed by atoms with E-state index in [-0.39, 0.29) is 29.5 Å². The Balaban J connectivity index is 0.00000338. The molecule has 0 radical (unpaired) electrons. The van der Waals surface area contributed by atoms with Crippen molar-refractivity contribution in [3.63, 3.8) is 0 Å².